The second kappa shape index (κ2) is 5.02. The van der Waals surface area contributed by atoms with Crippen molar-refractivity contribution in [2.24, 2.45) is 0 Å². The summed E-state index contributed by atoms with van der Waals surface area (Å²) in [5, 5.41) is 0. The van der Waals surface area contributed by atoms with E-state index in [1.165, 1.54) is 20.9 Å². The van der Waals surface area contributed by atoms with E-state index in [0.717, 1.165) is 4.47 Å². The van der Waals surface area contributed by atoms with Crippen molar-refractivity contribution in [2.75, 3.05) is 0 Å². The Kier molecular flexibility index (Phi) is 3.66. The second-order valence-electron chi connectivity index (χ2n) is 3.65. The van der Waals surface area contributed by atoms with Crippen LogP contribution in [-0.2, 0) is 0 Å². The van der Waals surface area contributed by atoms with Gasteiger partial charge in [0.25, 0.3) is 0 Å². The number of aromatic nitrogens is 1. The van der Waals surface area contributed by atoms with Crippen LogP contribution < -0.4 is 0 Å². The minimum Gasteiger partial charge on any atom is -0.263 e. The molecule has 1 aromatic carbocycles. The van der Waals surface area contributed by atoms with E-state index in [2.05, 4.69) is 53.0 Å². The minimum atomic E-state index is 1.04. The van der Waals surface area contributed by atoms with Crippen LogP contribution in [0, 0.1) is 13.8 Å². The van der Waals surface area contributed by atoms with Crippen LogP contribution in [0.1, 0.15) is 11.1 Å². The van der Waals surface area contributed by atoms with Crippen molar-refractivity contribution in [1.29, 1.82) is 0 Å². The molecule has 0 bridgehead atoms. The Morgan fingerprint density at radius 3 is 2.62 bits per heavy atom. The first kappa shape index (κ1) is 11.7. The molecule has 0 saturated carbocycles. The minimum absolute atomic E-state index is 1.04. The van der Waals surface area contributed by atoms with E-state index in [9.17, 15) is 0 Å². The van der Waals surface area contributed by atoms with Crippen molar-refractivity contribution in [1.82, 2.24) is 4.98 Å². The van der Waals surface area contributed by atoms with Crippen LogP contribution in [0.25, 0.3) is 0 Å². The lowest BCUT2D eigenvalue weighted by molar-refractivity contribution is 1.22. The van der Waals surface area contributed by atoms with Crippen molar-refractivity contribution in [3.63, 3.8) is 0 Å². The van der Waals surface area contributed by atoms with Crippen molar-refractivity contribution in [3.05, 3.63) is 52.3 Å². The predicted molar refractivity (Wildman–Crippen MR) is 72.0 cm³/mol. The van der Waals surface area contributed by atoms with Gasteiger partial charge >= 0.3 is 0 Å². The lowest BCUT2D eigenvalue weighted by atomic mass is 10.1. The topological polar surface area (TPSA) is 12.9 Å². The molecule has 0 aliphatic carbocycles. The number of aryl methyl sites for hydroxylation is 2. The predicted octanol–water partition coefficient (Wildman–Crippen LogP) is 4.61. The number of pyridine rings is 1. The monoisotopic (exact) mass is 293 g/mol. The Morgan fingerprint density at radius 2 is 1.94 bits per heavy atom. The molecule has 0 fully saturated rings. The van der Waals surface area contributed by atoms with E-state index < -0.39 is 0 Å². The number of hydrogen-bond acceptors (Lipinski definition) is 2. The molecule has 0 amide bonds. The number of halogens is 1. The third-order valence-corrected chi connectivity index (χ3v) is 4.40. The van der Waals surface area contributed by atoms with E-state index in [0.29, 0.717) is 0 Å². The van der Waals surface area contributed by atoms with Gasteiger partial charge in [0.15, 0.2) is 0 Å². The Morgan fingerprint density at radius 1 is 1.12 bits per heavy atom. The molecule has 2 rings (SSSR count). The van der Waals surface area contributed by atoms with Gasteiger partial charge in [-0.3, -0.25) is 4.98 Å². The molecule has 0 saturated heterocycles. The van der Waals surface area contributed by atoms with Crippen LogP contribution in [0.15, 0.2) is 50.9 Å². The Hall–Kier alpha value is -0.800. The molecule has 1 nitrogen and oxygen atoms in total. The fraction of sp³-hybridized carbons (Fsp3) is 0.154. The van der Waals surface area contributed by atoms with Crippen LogP contribution in [-0.4, -0.2) is 4.98 Å². The lowest BCUT2D eigenvalue weighted by Gasteiger charge is -2.06. The van der Waals surface area contributed by atoms with Gasteiger partial charge in [0, 0.05) is 26.7 Å². The van der Waals surface area contributed by atoms with E-state index >= 15 is 0 Å². The summed E-state index contributed by atoms with van der Waals surface area (Å²) < 4.78 is 1.04. The van der Waals surface area contributed by atoms with Gasteiger partial charge < -0.3 is 0 Å². The molecule has 1 heterocycles. The zero-order valence-corrected chi connectivity index (χ0v) is 11.6. The quantitative estimate of drug-likeness (QED) is 0.802. The summed E-state index contributed by atoms with van der Waals surface area (Å²) in [6.45, 7) is 4.27. The molecule has 16 heavy (non-hydrogen) atoms. The normalized spacial score (nSPS) is 10.4. The highest BCUT2D eigenvalue weighted by Gasteiger charge is 2.02. The van der Waals surface area contributed by atoms with Crippen LogP contribution in [0.5, 0.6) is 0 Å². The maximum Gasteiger partial charge on any atom is 0.0498 e. The molecule has 0 radical (unpaired) electrons. The molecule has 0 spiro atoms. The first-order chi connectivity index (χ1) is 7.66. The summed E-state index contributed by atoms with van der Waals surface area (Å²) in [7, 11) is 0. The Balaban J connectivity index is 2.28. The van der Waals surface area contributed by atoms with E-state index in [1.807, 2.05) is 18.5 Å². The molecule has 0 N–H and O–H groups in total. The summed E-state index contributed by atoms with van der Waals surface area (Å²) in [4.78, 5) is 6.51. The number of rotatable bonds is 2. The highest BCUT2D eigenvalue weighted by molar-refractivity contribution is 9.10. The lowest BCUT2D eigenvalue weighted by Crippen LogP contribution is -1.82. The molecule has 0 atom stereocenters. The highest BCUT2D eigenvalue weighted by atomic mass is 79.9. The summed E-state index contributed by atoms with van der Waals surface area (Å²) in [6, 6.07) is 8.55. The van der Waals surface area contributed by atoms with E-state index in [1.54, 1.807) is 11.8 Å². The van der Waals surface area contributed by atoms with Crippen LogP contribution in [0.2, 0.25) is 0 Å². The average molecular weight is 294 g/mol. The fourth-order valence-corrected chi connectivity index (χ4v) is 2.75. The summed E-state index contributed by atoms with van der Waals surface area (Å²) in [5.74, 6) is 0. The van der Waals surface area contributed by atoms with Crippen molar-refractivity contribution < 1.29 is 0 Å². The number of nitrogens with zero attached hydrogens (tertiary/aromatic N) is 1. The van der Waals surface area contributed by atoms with Gasteiger partial charge in [-0.1, -0.05) is 17.8 Å². The molecule has 1 aromatic heterocycles. The smallest absolute Gasteiger partial charge is 0.0498 e. The van der Waals surface area contributed by atoms with Crippen LogP contribution >= 0.6 is 27.7 Å². The van der Waals surface area contributed by atoms with Gasteiger partial charge in [0.05, 0.1) is 0 Å². The standard InChI is InChI=1S/C13H12BrNS/c1-9-3-4-11(7-10(9)2)16-13-5-6-15-8-12(13)14/h3-8H,1-2H3. The molecule has 3 heteroatoms. The molecular weight excluding hydrogens is 282 g/mol. The number of hydrogen-bond donors (Lipinski definition) is 0. The maximum atomic E-state index is 4.06. The fourth-order valence-electron chi connectivity index (χ4n) is 1.35. The highest BCUT2D eigenvalue weighted by Crippen LogP contribution is 2.33. The Bertz CT molecular complexity index is 511. The zero-order chi connectivity index (χ0) is 11.5. The van der Waals surface area contributed by atoms with E-state index in [4.69, 9.17) is 0 Å². The van der Waals surface area contributed by atoms with Crippen molar-refractivity contribution >= 4 is 27.7 Å². The van der Waals surface area contributed by atoms with Crippen molar-refractivity contribution in [2.45, 2.75) is 23.6 Å². The molecule has 0 unspecified atom stereocenters. The van der Waals surface area contributed by atoms with Gasteiger partial charge in [-0.2, -0.15) is 0 Å². The first-order valence-electron chi connectivity index (χ1n) is 5.01. The SMILES string of the molecule is Cc1ccc(Sc2ccncc2Br)cc1C. The molecule has 0 aliphatic rings. The largest absolute Gasteiger partial charge is 0.263 e. The molecular formula is C13H12BrNS. The Labute approximate surface area is 108 Å². The third-order valence-electron chi connectivity index (χ3n) is 2.44. The van der Waals surface area contributed by atoms with Gasteiger partial charge in [-0.25, -0.2) is 0 Å². The van der Waals surface area contributed by atoms with Gasteiger partial charge in [0.2, 0.25) is 0 Å². The van der Waals surface area contributed by atoms with Gasteiger partial charge in [-0.15, -0.1) is 0 Å². The van der Waals surface area contributed by atoms with Gasteiger partial charge in [0.1, 0.15) is 0 Å². The number of benzene rings is 1. The first-order valence-corrected chi connectivity index (χ1v) is 6.62. The summed E-state index contributed by atoms with van der Waals surface area (Å²) in [5.41, 5.74) is 2.66. The van der Waals surface area contributed by atoms with Crippen LogP contribution in [0.4, 0.5) is 0 Å². The third kappa shape index (κ3) is 2.66. The van der Waals surface area contributed by atoms with Gasteiger partial charge in [-0.05, 0) is 59.1 Å². The molecule has 82 valence electrons. The summed E-state index contributed by atoms with van der Waals surface area (Å²) in [6.07, 6.45) is 3.64. The average Bonchev–Trinajstić information content (AvgIpc) is 2.27. The van der Waals surface area contributed by atoms with E-state index in [-0.39, 0.29) is 0 Å². The second-order valence-corrected chi connectivity index (χ2v) is 5.62. The molecule has 0 aliphatic heterocycles. The molecule has 2 aromatic rings. The zero-order valence-electron chi connectivity index (χ0n) is 9.20. The maximum absolute atomic E-state index is 4.06. The summed E-state index contributed by atoms with van der Waals surface area (Å²) >= 11 is 5.25. The van der Waals surface area contributed by atoms with Crippen LogP contribution in [0.3, 0.4) is 0 Å². The van der Waals surface area contributed by atoms with Crippen molar-refractivity contribution in [3.8, 4) is 0 Å².